The molecule has 0 aliphatic heterocycles. The SMILES string of the molecule is Cc1cccc(NC(=O)c2ccc(NS(=O)(=O)c3ccc4ccccc4c3)cc2)c1. The molecule has 4 rings (SSSR count). The number of carbonyl (C=O) groups excluding carboxylic acids is 1. The molecule has 6 heteroatoms. The summed E-state index contributed by atoms with van der Waals surface area (Å²) in [5.41, 5.74) is 2.58. The van der Waals surface area contributed by atoms with Crippen molar-refractivity contribution in [1.29, 1.82) is 0 Å². The van der Waals surface area contributed by atoms with E-state index in [0.29, 0.717) is 16.9 Å². The monoisotopic (exact) mass is 416 g/mol. The Morgan fingerprint density at radius 3 is 2.20 bits per heavy atom. The maximum atomic E-state index is 12.7. The highest BCUT2D eigenvalue weighted by atomic mass is 32.2. The summed E-state index contributed by atoms with van der Waals surface area (Å²) in [6, 6.07) is 26.4. The molecule has 0 saturated carbocycles. The minimum absolute atomic E-state index is 0.183. The lowest BCUT2D eigenvalue weighted by atomic mass is 10.1. The molecule has 0 heterocycles. The van der Waals surface area contributed by atoms with Gasteiger partial charge < -0.3 is 5.32 Å². The summed E-state index contributed by atoms with van der Waals surface area (Å²) in [4.78, 5) is 12.6. The number of aryl methyl sites for hydroxylation is 1. The lowest BCUT2D eigenvalue weighted by Crippen LogP contribution is -2.14. The second-order valence-corrected chi connectivity index (χ2v) is 8.70. The molecule has 0 aliphatic rings. The van der Waals surface area contributed by atoms with E-state index in [9.17, 15) is 13.2 Å². The summed E-state index contributed by atoms with van der Waals surface area (Å²) >= 11 is 0. The second kappa shape index (κ2) is 8.00. The summed E-state index contributed by atoms with van der Waals surface area (Å²) < 4.78 is 28.1. The minimum atomic E-state index is -3.74. The third-order valence-corrected chi connectivity index (χ3v) is 6.09. The molecule has 5 nitrogen and oxygen atoms in total. The van der Waals surface area contributed by atoms with E-state index in [1.54, 1.807) is 42.5 Å². The van der Waals surface area contributed by atoms with Gasteiger partial charge >= 0.3 is 0 Å². The highest BCUT2D eigenvalue weighted by molar-refractivity contribution is 7.92. The van der Waals surface area contributed by atoms with Crippen LogP contribution in [-0.2, 0) is 10.0 Å². The van der Waals surface area contributed by atoms with E-state index in [-0.39, 0.29) is 10.8 Å². The molecular weight excluding hydrogens is 396 g/mol. The third kappa shape index (κ3) is 4.34. The molecule has 0 aliphatic carbocycles. The van der Waals surface area contributed by atoms with Crippen molar-refractivity contribution in [3.05, 3.63) is 102 Å². The molecule has 0 bridgehead atoms. The Morgan fingerprint density at radius 2 is 1.47 bits per heavy atom. The van der Waals surface area contributed by atoms with E-state index in [4.69, 9.17) is 0 Å². The Kier molecular flexibility index (Phi) is 5.25. The first-order valence-corrected chi connectivity index (χ1v) is 10.9. The van der Waals surface area contributed by atoms with Crippen LogP contribution in [0, 0.1) is 6.92 Å². The van der Waals surface area contributed by atoms with Crippen LogP contribution >= 0.6 is 0 Å². The molecular formula is C24H20N2O3S. The standard InChI is InChI=1S/C24H20N2O3S/c1-17-5-4-8-22(15-17)25-24(27)19-9-12-21(13-10-19)26-30(28,29)23-14-11-18-6-2-3-7-20(18)16-23/h2-16,26H,1H3,(H,25,27). The van der Waals surface area contributed by atoms with Gasteiger partial charge in [-0.25, -0.2) is 8.42 Å². The maximum Gasteiger partial charge on any atom is 0.261 e. The Bertz CT molecular complexity index is 1330. The normalized spacial score (nSPS) is 11.2. The van der Waals surface area contributed by atoms with Crippen LogP contribution in [0.1, 0.15) is 15.9 Å². The van der Waals surface area contributed by atoms with Crippen molar-refractivity contribution in [3.63, 3.8) is 0 Å². The van der Waals surface area contributed by atoms with Gasteiger partial charge in [0.2, 0.25) is 0 Å². The van der Waals surface area contributed by atoms with Crippen molar-refractivity contribution in [2.75, 3.05) is 10.0 Å². The van der Waals surface area contributed by atoms with Crippen LogP contribution in [0.15, 0.2) is 95.9 Å². The molecule has 0 aromatic heterocycles. The van der Waals surface area contributed by atoms with Crippen LogP contribution < -0.4 is 10.0 Å². The van der Waals surface area contributed by atoms with Crippen LogP contribution in [0.3, 0.4) is 0 Å². The topological polar surface area (TPSA) is 75.3 Å². The number of fused-ring (bicyclic) bond motifs is 1. The van der Waals surface area contributed by atoms with Crippen molar-refractivity contribution in [2.45, 2.75) is 11.8 Å². The highest BCUT2D eigenvalue weighted by Gasteiger charge is 2.15. The number of sulfonamides is 1. The first kappa shape index (κ1) is 19.7. The highest BCUT2D eigenvalue weighted by Crippen LogP contribution is 2.22. The summed E-state index contributed by atoms with van der Waals surface area (Å²) in [5.74, 6) is -0.260. The van der Waals surface area contributed by atoms with E-state index >= 15 is 0 Å². The van der Waals surface area contributed by atoms with E-state index in [2.05, 4.69) is 10.0 Å². The van der Waals surface area contributed by atoms with Crippen LogP contribution in [0.2, 0.25) is 0 Å². The van der Waals surface area contributed by atoms with Crippen LogP contribution in [0.4, 0.5) is 11.4 Å². The van der Waals surface area contributed by atoms with Gasteiger partial charge in [0.05, 0.1) is 4.90 Å². The van der Waals surface area contributed by atoms with E-state index in [1.165, 1.54) is 0 Å². The molecule has 0 fully saturated rings. The Balaban J connectivity index is 1.50. The Morgan fingerprint density at radius 1 is 0.733 bits per heavy atom. The molecule has 0 radical (unpaired) electrons. The van der Waals surface area contributed by atoms with Gasteiger partial charge in [0.15, 0.2) is 0 Å². The Labute approximate surface area is 175 Å². The number of hydrogen-bond acceptors (Lipinski definition) is 3. The van der Waals surface area contributed by atoms with Gasteiger partial charge in [-0.05, 0) is 71.8 Å². The fourth-order valence-electron chi connectivity index (χ4n) is 3.16. The zero-order chi connectivity index (χ0) is 21.1. The number of anilines is 2. The molecule has 2 N–H and O–H groups in total. The number of benzene rings is 4. The summed E-state index contributed by atoms with van der Waals surface area (Å²) in [6.45, 7) is 1.95. The predicted molar refractivity (Wildman–Crippen MR) is 120 cm³/mol. The minimum Gasteiger partial charge on any atom is -0.322 e. The summed E-state index contributed by atoms with van der Waals surface area (Å²) in [5, 5.41) is 4.66. The number of hydrogen-bond donors (Lipinski definition) is 2. The van der Waals surface area contributed by atoms with Crippen molar-refractivity contribution in [2.24, 2.45) is 0 Å². The number of carbonyl (C=O) groups is 1. The lowest BCUT2D eigenvalue weighted by Gasteiger charge is -2.10. The molecule has 0 unspecified atom stereocenters. The van der Waals surface area contributed by atoms with Crippen LogP contribution in [0.5, 0.6) is 0 Å². The van der Waals surface area contributed by atoms with E-state index < -0.39 is 10.0 Å². The number of amides is 1. The first-order chi connectivity index (χ1) is 14.4. The summed E-state index contributed by atoms with van der Waals surface area (Å²) in [6.07, 6.45) is 0. The van der Waals surface area contributed by atoms with Gasteiger partial charge in [0.1, 0.15) is 0 Å². The maximum absolute atomic E-state index is 12.7. The zero-order valence-corrected chi connectivity index (χ0v) is 17.1. The van der Waals surface area contributed by atoms with Gasteiger partial charge in [0.25, 0.3) is 15.9 Å². The third-order valence-electron chi connectivity index (χ3n) is 4.71. The molecule has 4 aromatic carbocycles. The predicted octanol–water partition coefficient (Wildman–Crippen LogP) is 5.20. The molecule has 0 saturated heterocycles. The molecule has 30 heavy (non-hydrogen) atoms. The fraction of sp³-hybridized carbons (Fsp3) is 0.0417. The Hall–Kier alpha value is -3.64. The first-order valence-electron chi connectivity index (χ1n) is 9.40. The number of nitrogens with one attached hydrogen (secondary N) is 2. The smallest absolute Gasteiger partial charge is 0.261 e. The molecule has 0 atom stereocenters. The molecule has 0 spiro atoms. The zero-order valence-electron chi connectivity index (χ0n) is 16.3. The number of rotatable bonds is 5. The van der Waals surface area contributed by atoms with Gasteiger partial charge in [-0.1, -0.05) is 42.5 Å². The molecule has 4 aromatic rings. The van der Waals surface area contributed by atoms with E-state index in [1.807, 2.05) is 55.5 Å². The summed E-state index contributed by atoms with van der Waals surface area (Å²) in [7, 11) is -3.74. The molecule has 1 amide bonds. The van der Waals surface area contributed by atoms with Crippen molar-refractivity contribution in [1.82, 2.24) is 0 Å². The average Bonchev–Trinajstić information content (AvgIpc) is 2.73. The van der Waals surface area contributed by atoms with Crippen LogP contribution in [-0.4, -0.2) is 14.3 Å². The lowest BCUT2D eigenvalue weighted by molar-refractivity contribution is 0.102. The van der Waals surface area contributed by atoms with Crippen molar-refractivity contribution >= 4 is 38.1 Å². The largest absolute Gasteiger partial charge is 0.322 e. The quantitative estimate of drug-likeness (QED) is 0.469. The average molecular weight is 417 g/mol. The van der Waals surface area contributed by atoms with Crippen LogP contribution in [0.25, 0.3) is 10.8 Å². The fourth-order valence-corrected chi connectivity index (χ4v) is 4.26. The van der Waals surface area contributed by atoms with Crippen molar-refractivity contribution < 1.29 is 13.2 Å². The van der Waals surface area contributed by atoms with Gasteiger partial charge in [-0.2, -0.15) is 0 Å². The van der Waals surface area contributed by atoms with Gasteiger partial charge in [-0.3, -0.25) is 9.52 Å². The van der Waals surface area contributed by atoms with Gasteiger partial charge in [0, 0.05) is 16.9 Å². The van der Waals surface area contributed by atoms with Gasteiger partial charge in [-0.15, -0.1) is 0 Å². The molecule has 150 valence electrons. The van der Waals surface area contributed by atoms with E-state index in [0.717, 1.165) is 16.3 Å². The van der Waals surface area contributed by atoms with Crippen molar-refractivity contribution in [3.8, 4) is 0 Å². The second-order valence-electron chi connectivity index (χ2n) is 7.02.